The zero-order valence-electron chi connectivity index (χ0n) is 12.3. The normalized spacial score (nSPS) is 14.9. The minimum absolute atomic E-state index is 0.0256. The highest BCUT2D eigenvalue weighted by Crippen LogP contribution is 2.24. The summed E-state index contributed by atoms with van der Waals surface area (Å²) in [7, 11) is 0. The highest BCUT2D eigenvalue weighted by Gasteiger charge is 2.25. The summed E-state index contributed by atoms with van der Waals surface area (Å²) in [5, 5.41) is 0.503. The second-order valence-electron chi connectivity index (χ2n) is 5.36. The summed E-state index contributed by atoms with van der Waals surface area (Å²) in [4.78, 5) is 15.7. The lowest BCUT2D eigenvalue weighted by molar-refractivity contribution is 0.0746. The Morgan fingerprint density at radius 2 is 1.57 bits per heavy atom. The molecule has 0 unspecified atom stereocenters. The van der Waals surface area contributed by atoms with Crippen molar-refractivity contribution in [1.29, 1.82) is 0 Å². The average molecular weight is 337 g/mol. The first-order chi connectivity index (χ1) is 11.1. The van der Waals surface area contributed by atoms with Gasteiger partial charge < -0.3 is 9.80 Å². The van der Waals surface area contributed by atoms with Crippen molar-refractivity contribution in [3.63, 3.8) is 0 Å². The molecular weight excluding hydrogens is 322 g/mol. The Kier molecular flexibility index (Phi) is 4.48. The summed E-state index contributed by atoms with van der Waals surface area (Å²) in [5.41, 5.74) is 0.491. The topological polar surface area (TPSA) is 23.6 Å². The molecule has 23 heavy (non-hydrogen) atoms. The number of nitrogens with zero attached hydrogens (tertiary/aromatic N) is 2. The van der Waals surface area contributed by atoms with Crippen molar-refractivity contribution in [2.24, 2.45) is 0 Å². The van der Waals surface area contributed by atoms with Gasteiger partial charge in [0.05, 0.1) is 0 Å². The van der Waals surface area contributed by atoms with Gasteiger partial charge in [0.25, 0.3) is 5.91 Å². The van der Waals surface area contributed by atoms with Crippen molar-refractivity contribution in [2.75, 3.05) is 31.1 Å². The Morgan fingerprint density at radius 1 is 0.957 bits per heavy atom. The summed E-state index contributed by atoms with van der Waals surface area (Å²) in [6.45, 7) is 1.56. The Bertz CT molecular complexity index is 710. The lowest BCUT2D eigenvalue weighted by atomic mass is 10.1. The molecule has 1 saturated heterocycles. The van der Waals surface area contributed by atoms with E-state index in [9.17, 15) is 13.6 Å². The zero-order valence-corrected chi connectivity index (χ0v) is 13.1. The van der Waals surface area contributed by atoms with E-state index < -0.39 is 11.6 Å². The highest BCUT2D eigenvalue weighted by atomic mass is 35.5. The molecule has 0 bridgehead atoms. The summed E-state index contributed by atoms with van der Waals surface area (Å²) >= 11 is 5.90. The number of carbonyl (C=O) groups excluding carboxylic acids is 1. The van der Waals surface area contributed by atoms with E-state index in [4.69, 9.17) is 11.6 Å². The minimum Gasteiger partial charge on any atom is -0.363 e. The van der Waals surface area contributed by atoms with Gasteiger partial charge in [-0.15, -0.1) is 0 Å². The van der Waals surface area contributed by atoms with Crippen molar-refractivity contribution in [3.05, 3.63) is 64.7 Å². The summed E-state index contributed by atoms with van der Waals surface area (Å²) in [5.74, 6) is -1.29. The molecule has 0 radical (unpaired) electrons. The van der Waals surface area contributed by atoms with Crippen molar-refractivity contribution in [2.45, 2.75) is 0 Å². The van der Waals surface area contributed by atoms with E-state index in [0.29, 0.717) is 36.8 Å². The number of halogens is 3. The fraction of sp³-hybridized carbons (Fsp3) is 0.235. The summed E-state index contributed by atoms with van der Waals surface area (Å²) < 4.78 is 27.6. The van der Waals surface area contributed by atoms with Gasteiger partial charge >= 0.3 is 0 Å². The van der Waals surface area contributed by atoms with E-state index >= 15 is 0 Å². The van der Waals surface area contributed by atoms with Crippen LogP contribution >= 0.6 is 11.6 Å². The van der Waals surface area contributed by atoms with E-state index in [1.807, 2.05) is 0 Å². The van der Waals surface area contributed by atoms with Gasteiger partial charge in [0.15, 0.2) is 0 Å². The molecular formula is C17H15ClF2N2O. The number of hydrogen-bond acceptors (Lipinski definition) is 2. The second-order valence-corrected chi connectivity index (χ2v) is 5.80. The number of para-hydroxylation sites is 1. The first-order valence-electron chi connectivity index (χ1n) is 7.30. The third-order valence-corrected chi connectivity index (χ3v) is 4.13. The Labute approximate surface area is 138 Å². The van der Waals surface area contributed by atoms with Gasteiger partial charge in [-0.1, -0.05) is 23.7 Å². The molecule has 0 atom stereocenters. The number of anilines is 1. The molecule has 2 aromatic carbocycles. The van der Waals surface area contributed by atoms with Crippen molar-refractivity contribution in [1.82, 2.24) is 4.90 Å². The van der Waals surface area contributed by atoms with E-state index in [0.717, 1.165) is 0 Å². The smallest absolute Gasteiger partial charge is 0.254 e. The Balaban J connectivity index is 1.70. The standard InChI is InChI=1S/C17H15ClF2N2O/c18-13-4-1-3-12(11-13)17(23)22-9-7-21(8-10-22)16-14(19)5-2-6-15(16)20/h1-6,11H,7-10H2. The monoisotopic (exact) mass is 336 g/mol. The van der Waals surface area contributed by atoms with Gasteiger partial charge in [-0.3, -0.25) is 4.79 Å². The van der Waals surface area contributed by atoms with Crippen LogP contribution in [0.25, 0.3) is 0 Å². The summed E-state index contributed by atoms with van der Waals surface area (Å²) in [6.07, 6.45) is 0. The number of hydrogen-bond donors (Lipinski definition) is 0. The van der Waals surface area contributed by atoms with Gasteiger partial charge in [0, 0.05) is 36.8 Å². The van der Waals surface area contributed by atoms with Crippen LogP contribution in [0.4, 0.5) is 14.5 Å². The van der Waals surface area contributed by atoms with Gasteiger partial charge in [-0.2, -0.15) is 0 Å². The maximum Gasteiger partial charge on any atom is 0.254 e. The first kappa shape index (κ1) is 15.7. The lowest BCUT2D eigenvalue weighted by Gasteiger charge is -2.36. The molecule has 1 aliphatic heterocycles. The van der Waals surface area contributed by atoms with E-state index in [1.54, 1.807) is 34.1 Å². The third-order valence-electron chi connectivity index (χ3n) is 3.89. The molecule has 0 spiro atoms. The molecule has 2 aromatic rings. The maximum atomic E-state index is 13.8. The largest absolute Gasteiger partial charge is 0.363 e. The molecule has 3 nitrogen and oxygen atoms in total. The van der Waals surface area contributed by atoms with Crippen molar-refractivity contribution >= 4 is 23.2 Å². The SMILES string of the molecule is O=C(c1cccc(Cl)c1)N1CCN(c2c(F)cccc2F)CC1. The van der Waals surface area contributed by atoms with Crippen molar-refractivity contribution < 1.29 is 13.6 Å². The molecule has 6 heteroatoms. The molecule has 0 aliphatic carbocycles. The van der Waals surface area contributed by atoms with Gasteiger partial charge in [0.2, 0.25) is 0 Å². The Morgan fingerprint density at radius 3 is 2.17 bits per heavy atom. The molecule has 1 fully saturated rings. The number of rotatable bonds is 2. The van der Waals surface area contributed by atoms with Crippen LogP contribution in [0.15, 0.2) is 42.5 Å². The van der Waals surface area contributed by atoms with Gasteiger partial charge in [-0.05, 0) is 30.3 Å². The average Bonchev–Trinajstić information content (AvgIpc) is 2.55. The first-order valence-corrected chi connectivity index (χ1v) is 7.68. The number of amides is 1. The molecule has 120 valence electrons. The number of carbonyl (C=O) groups is 1. The van der Waals surface area contributed by atoms with E-state index in [1.165, 1.54) is 18.2 Å². The van der Waals surface area contributed by atoms with Crippen molar-refractivity contribution in [3.8, 4) is 0 Å². The molecule has 3 rings (SSSR count). The minimum atomic E-state index is -0.584. The molecule has 1 amide bonds. The van der Waals surface area contributed by atoms with E-state index in [-0.39, 0.29) is 11.6 Å². The van der Waals surface area contributed by atoms with Crippen LogP contribution in [0.1, 0.15) is 10.4 Å². The van der Waals surface area contributed by atoms with Crippen LogP contribution in [0.3, 0.4) is 0 Å². The fourth-order valence-electron chi connectivity index (χ4n) is 2.73. The second kappa shape index (κ2) is 6.54. The van der Waals surface area contributed by atoms with Gasteiger partial charge in [0.1, 0.15) is 17.3 Å². The Hall–Kier alpha value is -2.14. The molecule has 0 aromatic heterocycles. The molecule has 1 heterocycles. The molecule has 0 N–H and O–H groups in total. The van der Waals surface area contributed by atoms with E-state index in [2.05, 4.69) is 0 Å². The summed E-state index contributed by atoms with van der Waals surface area (Å²) in [6, 6.07) is 10.6. The third kappa shape index (κ3) is 3.29. The van der Waals surface area contributed by atoms with Crippen LogP contribution < -0.4 is 4.90 Å². The quantitative estimate of drug-likeness (QED) is 0.837. The maximum absolute atomic E-state index is 13.8. The molecule has 1 aliphatic rings. The molecule has 0 saturated carbocycles. The van der Waals surface area contributed by atoms with Crippen LogP contribution in [0, 0.1) is 11.6 Å². The number of benzene rings is 2. The van der Waals surface area contributed by atoms with Crippen LogP contribution in [-0.2, 0) is 0 Å². The van der Waals surface area contributed by atoms with Crippen LogP contribution in [0.2, 0.25) is 5.02 Å². The zero-order chi connectivity index (χ0) is 16.4. The highest BCUT2D eigenvalue weighted by molar-refractivity contribution is 6.30. The van der Waals surface area contributed by atoms with Crippen LogP contribution in [-0.4, -0.2) is 37.0 Å². The fourth-order valence-corrected chi connectivity index (χ4v) is 2.92. The predicted molar refractivity (Wildman–Crippen MR) is 85.9 cm³/mol. The van der Waals surface area contributed by atoms with Gasteiger partial charge in [-0.25, -0.2) is 8.78 Å². The lowest BCUT2D eigenvalue weighted by Crippen LogP contribution is -2.49. The predicted octanol–water partition coefficient (Wildman–Crippen LogP) is 3.58. The number of piperazine rings is 1. The van der Waals surface area contributed by atoms with Crippen LogP contribution in [0.5, 0.6) is 0 Å².